The van der Waals surface area contributed by atoms with Gasteiger partial charge < -0.3 is 24.7 Å². The molecule has 0 bridgehead atoms. The van der Waals surface area contributed by atoms with Crippen LogP contribution in [0.5, 0.6) is 0 Å². The summed E-state index contributed by atoms with van der Waals surface area (Å²) in [5.41, 5.74) is 5.55. The number of nitrogens with one attached hydrogen (secondary N) is 1. The Labute approximate surface area is 167 Å². The van der Waals surface area contributed by atoms with Gasteiger partial charge in [-0.3, -0.25) is 19.1 Å². The summed E-state index contributed by atoms with van der Waals surface area (Å²) in [6.07, 6.45) is -1.45. The molecule has 4 atom stereocenters. The largest absolute Gasteiger partial charge is 0.455 e. The lowest BCUT2D eigenvalue weighted by Gasteiger charge is -2.26. The highest BCUT2D eigenvalue weighted by Gasteiger charge is 2.49. The zero-order valence-corrected chi connectivity index (χ0v) is 17.1. The standard InChI is InChI=1S/C18H27N5O6/c1-8(2)26-6-11-13(27-9(3)4)14(28-10(5)24)17(29-11)23-7-20-12-15(23)21-18(19)22-16(12)25/h7-9,11,13-14,17H,6H2,1-5H3,(H3,19,21,22,25)/t11-,13+,14?,17-/m1/s1. The lowest BCUT2D eigenvalue weighted by molar-refractivity contribution is -0.159. The van der Waals surface area contributed by atoms with Crippen LogP contribution in [0.1, 0.15) is 40.8 Å². The molecule has 1 saturated heterocycles. The van der Waals surface area contributed by atoms with Crippen molar-refractivity contribution in [1.82, 2.24) is 19.5 Å². The molecule has 2 aromatic rings. The zero-order chi connectivity index (χ0) is 21.3. The molecule has 0 radical (unpaired) electrons. The molecule has 0 aliphatic carbocycles. The number of nitrogens with two attached hydrogens (primary N) is 1. The molecular weight excluding hydrogens is 382 g/mol. The van der Waals surface area contributed by atoms with E-state index in [0.717, 1.165) is 0 Å². The summed E-state index contributed by atoms with van der Waals surface area (Å²) in [5.74, 6) is -0.540. The average molecular weight is 409 g/mol. The summed E-state index contributed by atoms with van der Waals surface area (Å²) >= 11 is 0. The third kappa shape index (κ3) is 4.57. The molecule has 3 heterocycles. The molecule has 29 heavy (non-hydrogen) atoms. The smallest absolute Gasteiger partial charge is 0.303 e. The molecule has 160 valence electrons. The number of carbonyl (C=O) groups excluding carboxylic acids is 1. The van der Waals surface area contributed by atoms with E-state index in [2.05, 4.69) is 15.0 Å². The van der Waals surface area contributed by atoms with Crippen molar-refractivity contribution in [3.63, 3.8) is 0 Å². The molecule has 11 nitrogen and oxygen atoms in total. The van der Waals surface area contributed by atoms with Gasteiger partial charge >= 0.3 is 5.97 Å². The Kier molecular flexibility index (Phi) is 6.20. The summed E-state index contributed by atoms with van der Waals surface area (Å²) in [6.45, 7) is 9.15. The van der Waals surface area contributed by atoms with Gasteiger partial charge in [0.2, 0.25) is 5.95 Å². The first-order valence-electron chi connectivity index (χ1n) is 9.49. The van der Waals surface area contributed by atoms with Gasteiger partial charge in [-0.2, -0.15) is 4.98 Å². The number of fused-ring (bicyclic) bond motifs is 1. The minimum absolute atomic E-state index is 0.0152. The van der Waals surface area contributed by atoms with Crippen molar-refractivity contribution >= 4 is 23.1 Å². The Hall–Kier alpha value is -2.50. The Morgan fingerprint density at radius 1 is 1.31 bits per heavy atom. The molecule has 1 aliphatic heterocycles. The minimum atomic E-state index is -0.817. The number of hydrogen-bond donors (Lipinski definition) is 2. The van der Waals surface area contributed by atoms with Gasteiger partial charge in [0.05, 0.1) is 25.1 Å². The Balaban J connectivity index is 2.03. The number of nitrogen functional groups attached to an aromatic ring is 1. The van der Waals surface area contributed by atoms with Crippen molar-refractivity contribution in [2.24, 2.45) is 0 Å². The second-order valence-electron chi connectivity index (χ2n) is 7.45. The number of hydrogen-bond acceptors (Lipinski definition) is 9. The van der Waals surface area contributed by atoms with E-state index in [-0.39, 0.29) is 35.9 Å². The summed E-state index contributed by atoms with van der Waals surface area (Å²) in [4.78, 5) is 34.6. The summed E-state index contributed by atoms with van der Waals surface area (Å²) in [5, 5.41) is 0. The Morgan fingerprint density at radius 2 is 2.03 bits per heavy atom. The highest BCUT2D eigenvalue weighted by molar-refractivity contribution is 5.70. The number of aromatic amines is 1. The molecule has 0 aromatic carbocycles. The van der Waals surface area contributed by atoms with E-state index in [9.17, 15) is 9.59 Å². The predicted molar refractivity (Wildman–Crippen MR) is 103 cm³/mol. The first-order valence-corrected chi connectivity index (χ1v) is 9.49. The van der Waals surface area contributed by atoms with Crippen LogP contribution < -0.4 is 11.3 Å². The molecule has 3 N–H and O–H groups in total. The zero-order valence-electron chi connectivity index (χ0n) is 17.1. The molecule has 11 heteroatoms. The quantitative estimate of drug-likeness (QED) is 0.633. The highest BCUT2D eigenvalue weighted by atomic mass is 16.6. The summed E-state index contributed by atoms with van der Waals surface area (Å²) in [7, 11) is 0. The lowest BCUT2D eigenvalue weighted by Crippen LogP contribution is -2.41. The average Bonchev–Trinajstić information content (AvgIpc) is 3.15. The van der Waals surface area contributed by atoms with Crippen molar-refractivity contribution in [1.29, 1.82) is 0 Å². The van der Waals surface area contributed by atoms with Crippen LogP contribution in [0.15, 0.2) is 11.1 Å². The summed E-state index contributed by atoms with van der Waals surface area (Å²) in [6, 6.07) is 0. The van der Waals surface area contributed by atoms with Crippen molar-refractivity contribution < 1.29 is 23.7 Å². The molecule has 1 fully saturated rings. The maximum Gasteiger partial charge on any atom is 0.303 e. The Morgan fingerprint density at radius 3 is 2.66 bits per heavy atom. The number of nitrogens with zero attached hydrogens (tertiary/aromatic N) is 3. The molecular formula is C18H27N5O6. The fraction of sp³-hybridized carbons (Fsp3) is 0.667. The molecule has 0 amide bonds. The maximum atomic E-state index is 12.1. The van der Waals surface area contributed by atoms with E-state index in [4.69, 9.17) is 24.7 Å². The second kappa shape index (κ2) is 8.47. The van der Waals surface area contributed by atoms with Crippen LogP contribution in [0.25, 0.3) is 11.2 Å². The highest BCUT2D eigenvalue weighted by Crippen LogP contribution is 2.36. The van der Waals surface area contributed by atoms with Gasteiger partial charge in [-0.25, -0.2) is 4.98 Å². The van der Waals surface area contributed by atoms with Gasteiger partial charge in [0.15, 0.2) is 23.5 Å². The van der Waals surface area contributed by atoms with Crippen molar-refractivity contribution in [2.45, 2.75) is 71.4 Å². The fourth-order valence-electron chi connectivity index (χ4n) is 3.28. The van der Waals surface area contributed by atoms with E-state index in [1.807, 2.05) is 27.7 Å². The van der Waals surface area contributed by atoms with Crippen LogP contribution in [-0.4, -0.2) is 62.6 Å². The topological polar surface area (TPSA) is 144 Å². The van der Waals surface area contributed by atoms with Crippen molar-refractivity contribution in [3.05, 3.63) is 16.7 Å². The van der Waals surface area contributed by atoms with Crippen LogP contribution in [0.3, 0.4) is 0 Å². The van der Waals surface area contributed by atoms with E-state index in [1.54, 1.807) is 0 Å². The van der Waals surface area contributed by atoms with E-state index < -0.39 is 36.1 Å². The number of carbonyl (C=O) groups is 1. The van der Waals surface area contributed by atoms with Gasteiger partial charge in [0.1, 0.15) is 12.2 Å². The molecule has 0 spiro atoms. The summed E-state index contributed by atoms with van der Waals surface area (Å²) < 4.78 is 25.0. The molecule has 1 unspecified atom stereocenters. The Bertz CT molecular complexity index is 923. The molecule has 2 aromatic heterocycles. The number of anilines is 1. The SMILES string of the molecule is CC(=O)OC1[C@@H](OC(C)C)[C@@H](COC(C)C)O[C@H]1n1cnc2c(=O)[nH]c(N)nc21. The third-order valence-electron chi connectivity index (χ3n) is 4.34. The molecule has 3 rings (SSSR count). The van der Waals surface area contributed by atoms with E-state index >= 15 is 0 Å². The fourth-order valence-corrected chi connectivity index (χ4v) is 3.28. The number of ether oxygens (including phenoxy) is 4. The number of esters is 1. The number of imidazole rings is 1. The van der Waals surface area contributed by atoms with Gasteiger partial charge in [-0.05, 0) is 27.7 Å². The van der Waals surface area contributed by atoms with Crippen LogP contribution in [-0.2, 0) is 23.7 Å². The predicted octanol–water partition coefficient (Wildman–Crippen LogP) is 0.750. The van der Waals surface area contributed by atoms with Gasteiger partial charge in [-0.15, -0.1) is 0 Å². The first kappa shape index (κ1) is 21.2. The van der Waals surface area contributed by atoms with Gasteiger partial charge in [0, 0.05) is 6.92 Å². The number of rotatable bonds is 7. The normalized spacial score (nSPS) is 24.7. The van der Waals surface area contributed by atoms with E-state index in [1.165, 1.54) is 17.8 Å². The lowest BCUT2D eigenvalue weighted by atomic mass is 10.1. The van der Waals surface area contributed by atoms with Gasteiger partial charge in [-0.1, -0.05) is 0 Å². The van der Waals surface area contributed by atoms with Crippen molar-refractivity contribution in [2.75, 3.05) is 12.3 Å². The van der Waals surface area contributed by atoms with Gasteiger partial charge in [0.25, 0.3) is 5.56 Å². The monoisotopic (exact) mass is 409 g/mol. The molecule has 1 aliphatic rings. The van der Waals surface area contributed by atoms with Crippen molar-refractivity contribution in [3.8, 4) is 0 Å². The van der Waals surface area contributed by atoms with Crippen LogP contribution in [0.2, 0.25) is 0 Å². The van der Waals surface area contributed by atoms with Crippen LogP contribution in [0, 0.1) is 0 Å². The maximum absolute atomic E-state index is 12.1. The van der Waals surface area contributed by atoms with Crippen LogP contribution >= 0.6 is 0 Å². The first-order chi connectivity index (χ1) is 13.7. The minimum Gasteiger partial charge on any atom is -0.455 e. The third-order valence-corrected chi connectivity index (χ3v) is 4.34. The molecule has 0 saturated carbocycles. The second-order valence-corrected chi connectivity index (χ2v) is 7.45. The van der Waals surface area contributed by atoms with E-state index in [0.29, 0.717) is 0 Å². The van der Waals surface area contributed by atoms with Crippen LogP contribution in [0.4, 0.5) is 5.95 Å². The number of aromatic nitrogens is 4. The number of H-pyrrole nitrogens is 1.